The van der Waals surface area contributed by atoms with E-state index in [-0.39, 0.29) is 11.7 Å². The van der Waals surface area contributed by atoms with Gasteiger partial charge in [-0.25, -0.2) is 4.98 Å². The SMILES string of the molecule is CCc1ccc(-c2nc(SCC(=O)Nc3c(C#N)c(C)c(C)n3Cc3ccccc3)n[nH]2)cc1. The number of aromatic nitrogens is 4. The van der Waals surface area contributed by atoms with Crippen LogP contribution in [0.5, 0.6) is 0 Å². The summed E-state index contributed by atoms with van der Waals surface area (Å²) in [6, 6.07) is 20.4. The van der Waals surface area contributed by atoms with Crippen LogP contribution < -0.4 is 5.32 Å². The van der Waals surface area contributed by atoms with Crippen LogP contribution in [0.25, 0.3) is 11.4 Å². The monoisotopic (exact) mass is 470 g/mol. The molecule has 4 rings (SSSR count). The van der Waals surface area contributed by atoms with Crippen LogP contribution in [0, 0.1) is 25.2 Å². The van der Waals surface area contributed by atoms with Gasteiger partial charge in [0.1, 0.15) is 11.9 Å². The minimum absolute atomic E-state index is 0.131. The third kappa shape index (κ3) is 5.05. The molecule has 4 aromatic rings. The highest BCUT2D eigenvalue weighted by Crippen LogP contribution is 2.28. The predicted molar refractivity (Wildman–Crippen MR) is 135 cm³/mol. The maximum Gasteiger partial charge on any atom is 0.235 e. The number of carbonyl (C=O) groups excluding carboxylic acids is 1. The van der Waals surface area contributed by atoms with Crippen LogP contribution in [0.1, 0.15) is 34.9 Å². The highest BCUT2D eigenvalue weighted by molar-refractivity contribution is 7.99. The Morgan fingerprint density at radius 1 is 1.12 bits per heavy atom. The maximum atomic E-state index is 12.8. The number of benzene rings is 2. The Morgan fingerprint density at radius 2 is 1.85 bits per heavy atom. The molecule has 2 aromatic heterocycles. The molecule has 7 nitrogen and oxygen atoms in total. The topological polar surface area (TPSA) is 99.4 Å². The fraction of sp³-hybridized carbons (Fsp3) is 0.231. The van der Waals surface area contributed by atoms with Gasteiger partial charge in [0.2, 0.25) is 11.1 Å². The van der Waals surface area contributed by atoms with Gasteiger partial charge < -0.3 is 9.88 Å². The number of aryl methyl sites for hydroxylation is 1. The van der Waals surface area contributed by atoms with E-state index in [1.165, 1.54) is 17.3 Å². The van der Waals surface area contributed by atoms with Crippen LogP contribution in [-0.4, -0.2) is 31.4 Å². The second kappa shape index (κ2) is 10.4. The number of thioether (sulfide) groups is 1. The number of rotatable bonds is 8. The van der Waals surface area contributed by atoms with Crippen LogP contribution >= 0.6 is 11.8 Å². The average molecular weight is 471 g/mol. The van der Waals surface area contributed by atoms with Crippen LogP contribution in [0.3, 0.4) is 0 Å². The van der Waals surface area contributed by atoms with Crippen LogP contribution in [0.4, 0.5) is 5.82 Å². The van der Waals surface area contributed by atoms with Gasteiger partial charge in [0.15, 0.2) is 5.82 Å². The van der Waals surface area contributed by atoms with E-state index in [9.17, 15) is 10.1 Å². The number of hydrogen-bond donors (Lipinski definition) is 2. The number of aromatic amines is 1. The summed E-state index contributed by atoms with van der Waals surface area (Å²) in [6.45, 7) is 6.55. The van der Waals surface area contributed by atoms with Gasteiger partial charge in [-0.15, -0.1) is 5.10 Å². The van der Waals surface area contributed by atoms with E-state index < -0.39 is 0 Å². The molecule has 0 aliphatic carbocycles. The summed E-state index contributed by atoms with van der Waals surface area (Å²) < 4.78 is 1.98. The molecule has 0 bridgehead atoms. The lowest BCUT2D eigenvalue weighted by atomic mass is 10.1. The van der Waals surface area contributed by atoms with Gasteiger partial charge in [-0.1, -0.05) is 73.3 Å². The molecule has 2 heterocycles. The van der Waals surface area contributed by atoms with Crippen molar-refractivity contribution in [2.75, 3.05) is 11.1 Å². The molecule has 34 heavy (non-hydrogen) atoms. The van der Waals surface area contributed by atoms with Crippen LogP contribution in [-0.2, 0) is 17.8 Å². The minimum Gasteiger partial charge on any atom is -0.326 e. The van der Waals surface area contributed by atoms with E-state index in [1.807, 2.05) is 60.9 Å². The number of nitrogens with zero attached hydrogens (tertiary/aromatic N) is 4. The summed E-state index contributed by atoms with van der Waals surface area (Å²) in [5.41, 5.74) is 5.61. The molecule has 2 aromatic carbocycles. The van der Waals surface area contributed by atoms with Crippen molar-refractivity contribution in [2.45, 2.75) is 38.9 Å². The molecule has 0 atom stereocenters. The Bertz CT molecular complexity index is 1330. The summed E-state index contributed by atoms with van der Waals surface area (Å²) in [5.74, 6) is 1.11. The van der Waals surface area contributed by atoms with Crippen LogP contribution in [0.2, 0.25) is 0 Å². The van der Waals surface area contributed by atoms with Crippen molar-refractivity contribution >= 4 is 23.5 Å². The molecular weight excluding hydrogens is 444 g/mol. The molecule has 0 aliphatic heterocycles. The Morgan fingerprint density at radius 3 is 2.53 bits per heavy atom. The summed E-state index contributed by atoms with van der Waals surface area (Å²) in [4.78, 5) is 17.3. The fourth-order valence-electron chi connectivity index (χ4n) is 3.73. The van der Waals surface area contributed by atoms with Crippen molar-refractivity contribution in [2.24, 2.45) is 0 Å². The molecule has 8 heteroatoms. The van der Waals surface area contributed by atoms with Gasteiger partial charge in [-0.3, -0.25) is 9.89 Å². The van der Waals surface area contributed by atoms with E-state index in [0.29, 0.717) is 28.9 Å². The van der Waals surface area contributed by atoms with E-state index in [4.69, 9.17) is 0 Å². The van der Waals surface area contributed by atoms with Crippen LogP contribution in [0.15, 0.2) is 59.8 Å². The number of hydrogen-bond acceptors (Lipinski definition) is 5. The fourth-order valence-corrected chi connectivity index (χ4v) is 4.33. The largest absolute Gasteiger partial charge is 0.326 e. The van der Waals surface area contributed by atoms with Crippen molar-refractivity contribution in [1.29, 1.82) is 5.26 Å². The molecule has 0 radical (unpaired) electrons. The Kier molecular flexibility index (Phi) is 7.14. The van der Waals surface area contributed by atoms with Crippen molar-refractivity contribution in [3.05, 3.63) is 82.5 Å². The summed E-state index contributed by atoms with van der Waals surface area (Å²) in [6.07, 6.45) is 0.980. The Labute approximate surface area is 203 Å². The zero-order valence-electron chi connectivity index (χ0n) is 19.4. The van der Waals surface area contributed by atoms with Gasteiger partial charge in [0.05, 0.1) is 11.3 Å². The average Bonchev–Trinajstić information content (AvgIpc) is 3.42. The van der Waals surface area contributed by atoms with Crippen molar-refractivity contribution in [3.63, 3.8) is 0 Å². The van der Waals surface area contributed by atoms with E-state index in [0.717, 1.165) is 28.8 Å². The maximum absolute atomic E-state index is 12.8. The lowest BCUT2D eigenvalue weighted by Crippen LogP contribution is -2.18. The second-order valence-corrected chi connectivity index (χ2v) is 8.91. The second-order valence-electron chi connectivity index (χ2n) is 7.97. The van der Waals surface area contributed by atoms with E-state index in [1.54, 1.807) is 0 Å². The quantitative estimate of drug-likeness (QED) is 0.349. The zero-order valence-corrected chi connectivity index (χ0v) is 20.2. The summed E-state index contributed by atoms with van der Waals surface area (Å²) in [5, 5.41) is 20.3. The molecule has 0 saturated heterocycles. The Balaban J connectivity index is 1.45. The normalized spacial score (nSPS) is 10.8. The lowest BCUT2D eigenvalue weighted by Gasteiger charge is -2.13. The first kappa shape index (κ1) is 23.3. The zero-order chi connectivity index (χ0) is 24.1. The first-order chi connectivity index (χ1) is 16.5. The first-order valence-corrected chi connectivity index (χ1v) is 12.1. The molecule has 172 valence electrons. The number of H-pyrrole nitrogens is 1. The highest BCUT2D eigenvalue weighted by atomic mass is 32.2. The molecule has 0 fully saturated rings. The number of amides is 1. The molecule has 0 unspecified atom stereocenters. The Hall–Kier alpha value is -3.83. The molecule has 1 amide bonds. The highest BCUT2D eigenvalue weighted by Gasteiger charge is 2.20. The van der Waals surface area contributed by atoms with Crippen molar-refractivity contribution in [3.8, 4) is 17.5 Å². The van der Waals surface area contributed by atoms with Gasteiger partial charge >= 0.3 is 0 Å². The molecular formula is C26H26N6OS. The molecule has 2 N–H and O–H groups in total. The summed E-state index contributed by atoms with van der Waals surface area (Å²) >= 11 is 1.25. The van der Waals surface area contributed by atoms with Gasteiger partial charge in [-0.2, -0.15) is 5.26 Å². The smallest absolute Gasteiger partial charge is 0.235 e. The summed E-state index contributed by atoms with van der Waals surface area (Å²) in [7, 11) is 0. The van der Waals surface area contributed by atoms with E-state index in [2.05, 4.69) is 45.6 Å². The van der Waals surface area contributed by atoms with E-state index >= 15 is 0 Å². The van der Waals surface area contributed by atoms with Crippen molar-refractivity contribution < 1.29 is 4.79 Å². The molecule has 0 saturated carbocycles. The lowest BCUT2D eigenvalue weighted by molar-refractivity contribution is -0.113. The van der Waals surface area contributed by atoms with Gasteiger partial charge in [-0.05, 0) is 37.0 Å². The third-order valence-corrected chi connectivity index (χ3v) is 6.66. The predicted octanol–water partition coefficient (Wildman–Crippen LogP) is 5.10. The number of anilines is 1. The number of nitrogens with one attached hydrogen (secondary N) is 2. The van der Waals surface area contributed by atoms with Gasteiger partial charge in [0, 0.05) is 17.8 Å². The molecule has 0 aliphatic rings. The standard InChI is InChI=1S/C26H26N6OS/c1-4-19-10-12-21(13-11-19)24-29-26(31-30-24)34-16-23(33)28-25-22(14-27)17(2)18(3)32(25)15-20-8-6-5-7-9-20/h5-13H,4,15-16H2,1-3H3,(H,28,33)(H,29,30,31). The molecule has 0 spiro atoms. The number of nitriles is 1. The van der Waals surface area contributed by atoms with Crippen molar-refractivity contribution in [1.82, 2.24) is 19.7 Å². The first-order valence-electron chi connectivity index (χ1n) is 11.1. The van der Waals surface area contributed by atoms with Gasteiger partial charge in [0.25, 0.3) is 0 Å². The minimum atomic E-state index is -0.216. The number of carbonyl (C=O) groups is 1. The third-order valence-electron chi connectivity index (χ3n) is 5.82.